The van der Waals surface area contributed by atoms with Crippen molar-refractivity contribution < 1.29 is 22.0 Å². The van der Waals surface area contributed by atoms with Crippen LogP contribution in [0.3, 0.4) is 0 Å². The van der Waals surface area contributed by atoms with Crippen LogP contribution in [0.1, 0.15) is 0 Å². The Kier molecular flexibility index (Phi) is 4.24. The molecule has 0 saturated heterocycles. The van der Waals surface area contributed by atoms with Gasteiger partial charge in [0.25, 0.3) is 0 Å². The number of alkyl halides is 7. The van der Waals surface area contributed by atoms with Gasteiger partial charge >= 0.3 is 4.83 Å². The maximum atomic E-state index is 12.1. The quantitative estimate of drug-likeness (QED) is 0.554. The van der Waals surface area contributed by atoms with Gasteiger partial charge in [0.05, 0.1) is 0 Å². The molecular weight excluding hydrogens is 303 g/mol. The summed E-state index contributed by atoms with van der Waals surface area (Å²) >= 11 is 3.57. The van der Waals surface area contributed by atoms with E-state index in [-0.39, 0.29) is 0 Å². The van der Waals surface area contributed by atoms with Gasteiger partial charge < -0.3 is 0 Å². The average molecular weight is 306 g/mol. The Hall–Kier alpha value is 0.610. The summed E-state index contributed by atoms with van der Waals surface area (Å²) in [6, 6.07) is 0. The summed E-state index contributed by atoms with van der Waals surface area (Å²) in [5.41, 5.74) is 0. The van der Waals surface area contributed by atoms with Gasteiger partial charge in [0.15, 0.2) is 11.3 Å². The molecule has 0 fully saturated rings. The van der Waals surface area contributed by atoms with Crippen molar-refractivity contribution in [1.29, 1.82) is 0 Å². The number of rotatable bonds is 3. The van der Waals surface area contributed by atoms with Crippen LogP contribution in [0.15, 0.2) is 0 Å². The first-order valence-corrected chi connectivity index (χ1v) is 4.10. The van der Waals surface area contributed by atoms with Crippen molar-refractivity contribution in [2.45, 2.75) is 22.3 Å². The summed E-state index contributed by atoms with van der Waals surface area (Å²) in [5, 5.41) is -2.43. The predicted octanol–water partition coefficient (Wildman–Crippen LogP) is 3.34. The van der Waals surface area contributed by atoms with Crippen LogP contribution in [0.2, 0.25) is 0 Å². The third kappa shape index (κ3) is 3.68. The van der Waals surface area contributed by atoms with E-state index in [4.69, 9.17) is 0 Å². The van der Waals surface area contributed by atoms with Crippen LogP contribution < -0.4 is 0 Å². The van der Waals surface area contributed by atoms with E-state index in [9.17, 15) is 22.0 Å². The highest BCUT2D eigenvalue weighted by atomic mass is 79.9. The van der Waals surface area contributed by atoms with Crippen molar-refractivity contribution in [2.75, 3.05) is 0 Å². The zero-order valence-electron chi connectivity index (χ0n) is 4.88. The molecule has 0 aliphatic heterocycles. The normalized spacial score (nSPS) is 21.0. The van der Waals surface area contributed by atoms with Crippen molar-refractivity contribution in [3.8, 4) is 0 Å². The van der Waals surface area contributed by atoms with Crippen LogP contribution in [0.25, 0.3) is 0 Å². The maximum absolute atomic E-state index is 12.1. The highest BCUT2D eigenvalue weighted by Gasteiger charge is 2.45. The van der Waals surface area contributed by atoms with Crippen LogP contribution >= 0.6 is 31.9 Å². The molecule has 0 N–H and O–H groups in total. The van der Waals surface area contributed by atoms with Crippen LogP contribution in [-0.2, 0) is 0 Å². The summed E-state index contributed by atoms with van der Waals surface area (Å²) in [6.45, 7) is 0. The second-order valence-electron chi connectivity index (χ2n) is 1.72. The van der Waals surface area contributed by atoms with Crippen LogP contribution in [0.4, 0.5) is 22.0 Å². The van der Waals surface area contributed by atoms with E-state index < -0.39 is 22.3 Å². The molecule has 0 aromatic rings. The third-order valence-electron chi connectivity index (χ3n) is 0.833. The summed E-state index contributed by atoms with van der Waals surface area (Å²) in [7, 11) is 0. The van der Waals surface area contributed by atoms with E-state index in [1.54, 1.807) is 15.9 Å². The smallest absolute Gasteiger partial charge is 0.240 e. The minimum atomic E-state index is -4.04. The molecule has 0 radical (unpaired) electrons. The highest BCUT2D eigenvalue weighted by Crippen LogP contribution is 2.34. The Morgan fingerprint density at radius 3 is 1.55 bits per heavy atom. The van der Waals surface area contributed by atoms with Gasteiger partial charge in [-0.05, 0) is 31.9 Å². The summed E-state index contributed by atoms with van der Waals surface area (Å²) < 4.78 is 59.7. The molecule has 68 valence electrons. The third-order valence-corrected chi connectivity index (χ3v) is 1.78. The van der Waals surface area contributed by atoms with Gasteiger partial charge in [-0.15, -0.1) is 0 Å². The first-order valence-electron chi connectivity index (χ1n) is 2.40. The van der Waals surface area contributed by atoms with Gasteiger partial charge in [-0.2, -0.15) is 8.78 Å². The lowest BCUT2D eigenvalue weighted by Crippen LogP contribution is -2.36. The Labute approximate surface area is 76.4 Å². The molecular formula is C4H3Br2F5. The molecule has 0 bridgehead atoms. The molecule has 11 heavy (non-hydrogen) atoms. The van der Waals surface area contributed by atoms with Crippen LogP contribution in [0.5, 0.6) is 0 Å². The molecule has 0 amide bonds. The Balaban J connectivity index is 4.13. The fourth-order valence-electron chi connectivity index (χ4n) is 0.308. The number of hydrogen-bond donors (Lipinski definition) is 0. The minimum absolute atomic E-state index is 1.58. The predicted molar refractivity (Wildman–Crippen MR) is 37.5 cm³/mol. The minimum Gasteiger partial charge on any atom is -0.240 e. The molecule has 0 aliphatic rings. The van der Waals surface area contributed by atoms with Gasteiger partial charge in [-0.25, -0.2) is 13.2 Å². The van der Waals surface area contributed by atoms with Crippen molar-refractivity contribution in [1.82, 2.24) is 0 Å². The van der Waals surface area contributed by atoms with Gasteiger partial charge in [0.2, 0.25) is 6.17 Å². The molecule has 0 spiro atoms. The Morgan fingerprint density at radius 1 is 1.09 bits per heavy atom. The van der Waals surface area contributed by atoms with E-state index in [0.29, 0.717) is 0 Å². The molecule has 0 saturated carbocycles. The number of hydrogen-bond acceptors (Lipinski definition) is 0. The van der Waals surface area contributed by atoms with E-state index in [1.807, 2.05) is 15.9 Å². The molecule has 0 nitrogen and oxygen atoms in total. The lowest BCUT2D eigenvalue weighted by molar-refractivity contribution is -0.0286. The van der Waals surface area contributed by atoms with Crippen molar-refractivity contribution in [3.05, 3.63) is 0 Å². The standard InChI is InChI=1S/C4H3Br2F5/c5-3(9)1(7)2(8)4(6,10)11/h1-3H. The molecule has 3 atom stereocenters. The second kappa shape index (κ2) is 4.02. The summed E-state index contributed by atoms with van der Waals surface area (Å²) in [5.74, 6) is 0. The fraction of sp³-hybridized carbons (Fsp3) is 1.00. The van der Waals surface area contributed by atoms with Crippen molar-refractivity contribution >= 4 is 31.9 Å². The molecule has 3 unspecified atom stereocenters. The van der Waals surface area contributed by atoms with Crippen molar-refractivity contribution in [3.63, 3.8) is 0 Å². The molecule has 0 aromatic carbocycles. The van der Waals surface area contributed by atoms with E-state index in [2.05, 4.69) is 0 Å². The SMILES string of the molecule is FC(Br)C(F)C(F)C(F)(F)Br. The van der Waals surface area contributed by atoms with Crippen LogP contribution in [0, 0.1) is 0 Å². The second-order valence-corrected chi connectivity index (χ2v) is 3.65. The number of halogens is 7. The molecule has 0 rings (SSSR count). The van der Waals surface area contributed by atoms with Crippen molar-refractivity contribution in [2.24, 2.45) is 0 Å². The van der Waals surface area contributed by atoms with E-state index >= 15 is 0 Å². The first kappa shape index (κ1) is 11.6. The van der Waals surface area contributed by atoms with E-state index in [0.717, 1.165) is 0 Å². The molecule has 0 heterocycles. The lowest BCUT2D eigenvalue weighted by Gasteiger charge is -2.17. The average Bonchev–Trinajstić information content (AvgIpc) is 1.82. The Morgan fingerprint density at radius 2 is 1.45 bits per heavy atom. The highest BCUT2D eigenvalue weighted by molar-refractivity contribution is 9.10. The first-order chi connectivity index (χ1) is 4.76. The van der Waals surface area contributed by atoms with Gasteiger partial charge in [-0.1, -0.05) is 0 Å². The Bertz CT molecular complexity index is 122. The summed E-state index contributed by atoms with van der Waals surface area (Å²) in [6.07, 6.45) is -6.08. The summed E-state index contributed by atoms with van der Waals surface area (Å²) in [4.78, 5) is -4.04. The fourth-order valence-corrected chi connectivity index (χ4v) is 0.829. The zero-order chi connectivity index (χ0) is 9.23. The van der Waals surface area contributed by atoms with Gasteiger partial charge in [-0.3, -0.25) is 0 Å². The molecule has 0 aromatic heterocycles. The molecule has 0 aliphatic carbocycles. The zero-order valence-corrected chi connectivity index (χ0v) is 8.05. The van der Waals surface area contributed by atoms with Gasteiger partial charge in [0, 0.05) is 0 Å². The van der Waals surface area contributed by atoms with Crippen LogP contribution in [-0.4, -0.2) is 22.3 Å². The van der Waals surface area contributed by atoms with E-state index in [1.165, 1.54) is 0 Å². The molecule has 7 heteroatoms. The largest absolute Gasteiger partial charge is 0.334 e. The maximum Gasteiger partial charge on any atom is 0.334 e. The lowest BCUT2D eigenvalue weighted by atomic mass is 10.3. The topological polar surface area (TPSA) is 0 Å². The van der Waals surface area contributed by atoms with Gasteiger partial charge in [0.1, 0.15) is 0 Å². The monoisotopic (exact) mass is 304 g/mol.